The quantitative estimate of drug-likeness (QED) is 0.257. The Bertz CT molecular complexity index is 933. The molecule has 0 radical (unpaired) electrons. The molecular weight excluding hydrogens is 449 g/mol. The number of nitro benzene ring substituents is 1. The van der Waals surface area contributed by atoms with Gasteiger partial charge in [-0.1, -0.05) is 23.4 Å². The molecular formula is C18H16ClF3N2O7. The van der Waals surface area contributed by atoms with E-state index in [-0.39, 0.29) is 23.6 Å². The van der Waals surface area contributed by atoms with Crippen LogP contribution in [0.25, 0.3) is 0 Å². The molecule has 1 aromatic carbocycles. The standard InChI is InChI=1S/C18H16ClF3N2O7/c1-29-9-13(23-30-10-16(25)26)12-8-11(5-6-14(12)24(27)28)31-15-4-2-3-7-17(15,19)18(20,21)22/h2-8,15H,9-10H2,1H3,(H,25,26). The summed E-state index contributed by atoms with van der Waals surface area (Å²) in [6, 6.07) is 3.17. The highest BCUT2D eigenvalue weighted by Crippen LogP contribution is 2.43. The molecule has 2 atom stereocenters. The van der Waals surface area contributed by atoms with Crippen LogP contribution in [0.4, 0.5) is 18.9 Å². The van der Waals surface area contributed by atoms with Crippen molar-refractivity contribution in [2.24, 2.45) is 5.16 Å². The SMILES string of the molecule is COCC(=NOCC(=O)O)c1cc(OC2C=CC=CC2(Cl)C(F)(F)F)ccc1[N+](=O)[O-]. The molecule has 2 rings (SSSR count). The molecule has 0 saturated carbocycles. The van der Waals surface area contributed by atoms with Crippen LogP contribution in [-0.2, 0) is 14.4 Å². The first kappa shape index (κ1) is 24.2. The number of carboxylic acids is 1. The highest BCUT2D eigenvalue weighted by Gasteiger charge is 2.58. The van der Waals surface area contributed by atoms with E-state index < -0.39 is 40.3 Å². The Morgan fingerprint density at radius 2 is 2.06 bits per heavy atom. The van der Waals surface area contributed by atoms with E-state index in [4.69, 9.17) is 26.2 Å². The van der Waals surface area contributed by atoms with E-state index in [0.29, 0.717) is 0 Å². The lowest BCUT2D eigenvalue weighted by Crippen LogP contribution is -2.50. The number of ether oxygens (including phenoxy) is 2. The fourth-order valence-corrected chi connectivity index (χ4v) is 2.75. The van der Waals surface area contributed by atoms with E-state index in [9.17, 15) is 28.1 Å². The van der Waals surface area contributed by atoms with Crippen LogP contribution in [0.2, 0.25) is 0 Å². The Balaban J connectivity index is 2.45. The Morgan fingerprint density at radius 1 is 1.35 bits per heavy atom. The molecule has 0 amide bonds. The predicted molar refractivity (Wildman–Crippen MR) is 102 cm³/mol. The van der Waals surface area contributed by atoms with Crippen LogP contribution in [0.3, 0.4) is 0 Å². The molecule has 1 aliphatic carbocycles. The van der Waals surface area contributed by atoms with Crippen molar-refractivity contribution in [2.45, 2.75) is 17.2 Å². The summed E-state index contributed by atoms with van der Waals surface area (Å²) >= 11 is 5.78. The van der Waals surface area contributed by atoms with Crippen LogP contribution < -0.4 is 4.74 Å². The predicted octanol–water partition coefficient (Wildman–Crippen LogP) is 3.46. The fraction of sp³-hybridized carbons (Fsp3) is 0.333. The van der Waals surface area contributed by atoms with Gasteiger partial charge < -0.3 is 19.4 Å². The van der Waals surface area contributed by atoms with Gasteiger partial charge in [0.05, 0.1) is 17.1 Å². The van der Waals surface area contributed by atoms with Crippen molar-refractivity contribution < 1.29 is 42.3 Å². The van der Waals surface area contributed by atoms with Gasteiger partial charge >= 0.3 is 12.1 Å². The lowest BCUT2D eigenvalue weighted by atomic mass is 9.95. The monoisotopic (exact) mass is 464 g/mol. The van der Waals surface area contributed by atoms with Crippen LogP contribution in [0, 0.1) is 10.1 Å². The second kappa shape index (κ2) is 9.79. The molecule has 0 bridgehead atoms. The second-order valence-electron chi connectivity index (χ2n) is 6.12. The van der Waals surface area contributed by atoms with E-state index in [2.05, 4.69) is 9.99 Å². The topological polar surface area (TPSA) is 120 Å². The lowest BCUT2D eigenvalue weighted by molar-refractivity contribution is -0.385. The van der Waals surface area contributed by atoms with Gasteiger partial charge in [0.2, 0.25) is 6.61 Å². The van der Waals surface area contributed by atoms with Crippen LogP contribution >= 0.6 is 11.6 Å². The van der Waals surface area contributed by atoms with E-state index in [1.807, 2.05) is 0 Å². The minimum absolute atomic E-state index is 0.173. The summed E-state index contributed by atoms with van der Waals surface area (Å²) in [5.41, 5.74) is -0.848. The molecule has 1 N–H and O–H groups in total. The van der Waals surface area contributed by atoms with Gasteiger partial charge in [0.1, 0.15) is 17.6 Å². The molecule has 168 valence electrons. The van der Waals surface area contributed by atoms with Crippen LogP contribution in [0.5, 0.6) is 5.75 Å². The Kier molecular flexibility index (Phi) is 7.63. The van der Waals surface area contributed by atoms with Crippen molar-refractivity contribution in [3.8, 4) is 5.75 Å². The largest absolute Gasteiger partial charge is 0.484 e. The summed E-state index contributed by atoms with van der Waals surface area (Å²) in [4.78, 5) is 23.0. The minimum Gasteiger partial charge on any atom is -0.484 e. The third kappa shape index (κ3) is 5.73. The summed E-state index contributed by atoms with van der Waals surface area (Å²) in [6.07, 6.45) is -2.23. The summed E-state index contributed by atoms with van der Waals surface area (Å²) < 4.78 is 50.7. The number of benzene rings is 1. The molecule has 0 spiro atoms. The zero-order valence-electron chi connectivity index (χ0n) is 15.8. The Morgan fingerprint density at radius 3 is 2.65 bits per heavy atom. The Hall–Kier alpha value is -3.12. The van der Waals surface area contributed by atoms with Gasteiger partial charge in [-0.15, -0.1) is 11.6 Å². The summed E-state index contributed by atoms with van der Waals surface area (Å²) in [7, 11) is 1.25. The minimum atomic E-state index is -4.85. The number of alkyl halides is 4. The number of hydrogen-bond donors (Lipinski definition) is 1. The molecule has 2 unspecified atom stereocenters. The number of nitrogens with zero attached hydrogens (tertiary/aromatic N) is 2. The zero-order chi connectivity index (χ0) is 23.2. The number of halogens is 4. The van der Waals surface area contributed by atoms with E-state index in [0.717, 1.165) is 36.4 Å². The van der Waals surface area contributed by atoms with Crippen molar-refractivity contribution >= 4 is 29.0 Å². The molecule has 9 nitrogen and oxygen atoms in total. The number of carbonyl (C=O) groups is 1. The van der Waals surface area contributed by atoms with E-state index in [1.165, 1.54) is 13.2 Å². The van der Waals surface area contributed by atoms with Gasteiger partial charge in [-0.3, -0.25) is 10.1 Å². The average Bonchev–Trinajstić information content (AvgIpc) is 2.68. The number of aliphatic carboxylic acids is 1. The van der Waals surface area contributed by atoms with Gasteiger partial charge in [-0.25, -0.2) is 4.79 Å². The van der Waals surface area contributed by atoms with Gasteiger partial charge in [0.25, 0.3) is 5.69 Å². The number of allylic oxidation sites excluding steroid dienone is 2. The molecule has 0 fully saturated rings. The second-order valence-corrected chi connectivity index (χ2v) is 6.75. The first-order valence-electron chi connectivity index (χ1n) is 8.46. The van der Waals surface area contributed by atoms with Gasteiger partial charge in [0.15, 0.2) is 4.87 Å². The third-order valence-corrected chi connectivity index (χ3v) is 4.52. The van der Waals surface area contributed by atoms with Crippen LogP contribution in [-0.4, -0.2) is 59.2 Å². The smallest absolute Gasteiger partial charge is 0.415 e. The Labute approximate surface area is 178 Å². The normalized spacial score (nSPS) is 21.1. The number of hydrogen-bond acceptors (Lipinski definition) is 7. The molecule has 0 heterocycles. The lowest BCUT2D eigenvalue weighted by Gasteiger charge is -2.34. The number of rotatable bonds is 9. The molecule has 31 heavy (non-hydrogen) atoms. The third-order valence-electron chi connectivity index (χ3n) is 3.97. The number of oxime groups is 1. The van der Waals surface area contributed by atoms with Gasteiger partial charge in [-0.05, 0) is 18.2 Å². The summed E-state index contributed by atoms with van der Waals surface area (Å²) in [5, 5.41) is 23.6. The van der Waals surface area contributed by atoms with Crippen molar-refractivity contribution in [3.63, 3.8) is 0 Å². The van der Waals surface area contributed by atoms with Crippen molar-refractivity contribution in [2.75, 3.05) is 20.3 Å². The molecule has 0 aromatic heterocycles. The maximum Gasteiger partial charge on any atom is 0.415 e. The van der Waals surface area contributed by atoms with E-state index in [1.54, 1.807) is 0 Å². The molecule has 0 aliphatic heterocycles. The zero-order valence-corrected chi connectivity index (χ0v) is 16.6. The van der Waals surface area contributed by atoms with Crippen molar-refractivity contribution in [1.82, 2.24) is 0 Å². The van der Waals surface area contributed by atoms with Crippen molar-refractivity contribution in [3.05, 3.63) is 58.2 Å². The highest BCUT2D eigenvalue weighted by atomic mass is 35.5. The molecule has 0 saturated heterocycles. The molecule has 13 heteroatoms. The fourth-order valence-electron chi connectivity index (χ4n) is 2.56. The van der Waals surface area contributed by atoms with E-state index >= 15 is 0 Å². The highest BCUT2D eigenvalue weighted by molar-refractivity contribution is 6.26. The number of nitro groups is 1. The maximum absolute atomic E-state index is 13.5. The van der Waals surface area contributed by atoms with Crippen LogP contribution in [0.15, 0.2) is 47.7 Å². The first-order chi connectivity index (χ1) is 14.5. The first-order valence-corrected chi connectivity index (χ1v) is 8.84. The van der Waals surface area contributed by atoms with Crippen LogP contribution in [0.1, 0.15) is 5.56 Å². The molecule has 1 aromatic rings. The average molecular weight is 465 g/mol. The summed E-state index contributed by atoms with van der Waals surface area (Å²) in [6.45, 7) is -1.14. The molecule has 1 aliphatic rings. The number of carboxylic acid groups (broad SMARTS) is 1. The number of methoxy groups -OCH3 is 1. The summed E-state index contributed by atoms with van der Waals surface area (Å²) in [5.74, 6) is -1.52. The van der Waals surface area contributed by atoms with Gasteiger partial charge in [-0.2, -0.15) is 13.2 Å². The van der Waals surface area contributed by atoms with Gasteiger partial charge in [0, 0.05) is 13.2 Å². The maximum atomic E-state index is 13.5. The van der Waals surface area contributed by atoms with Crippen molar-refractivity contribution in [1.29, 1.82) is 0 Å².